The molecule has 0 aliphatic carbocycles. The fourth-order valence-corrected chi connectivity index (χ4v) is 1.79. The summed E-state index contributed by atoms with van der Waals surface area (Å²) >= 11 is 0. The number of hydrogen-bond donors (Lipinski definition) is 1. The second-order valence-electron chi connectivity index (χ2n) is 4.57. The van der Waals surface area contributed by atoms with Crippen LogP contribution in [0.25, 0.3) is 6.08 Å². The third kappa shape index (κ3) is 4.31. The summed E-state index contributed by atoms with van der Waals surface area (Å²) < 4.78 is 6.55. The van der Waals surface area contributed by atoms with E-state index in [1.165, 1.54) is 6.08 Å². The first-order valence-electron chi connectivity index (χ1n) is 6.83. The monoisotopic (exact) mass is 299 g/mol. The van der Waals surface area contributed by atoms with Crippen LogP contribution in [0.15, 0.2) is 42.7 Å². The van der Waals surface area contributed by atoms with Gasteiger partial charge in [0.25, 0.3) is 0 Å². The van der Waals surface area contributed by atoms with E-state index < -0.39 is 0 Å². The number of rotatable bonds is 5. The van der Waals surface area contributed by atoms with Gasteiger partial charge in [-0.3, -0.25) is 9.48 Å². The van der Waals surface area contributed by atoms with Crippen LogP contribution in [0.1, 0.15) is 22.8 Å². The Bertz CT molecular complexity index is 687. The van der Waals surface area contributed by atoms with Gasteiger partial charge in [0.2, 0.25) is 5.91 Å². The lowest BCUT2D eigenvalue weighted by Gasteiger charge is -2.04. The summed E-state index contributed by atoms with van der Waals surface area (Å²) in [7, 11) is 1.81. The number of aromatic nitrogens is 2. The van der Waals surface area contributed by atoms with Gasteiger partial charge in [-0.2, -0.15) is 5.10 Å². The maximum absolute atomic E-state index is 11.8. The minimum atomic E-state index is -0.378. The quantitative estimate of drug-likeness (QED) is 0.679. The minimum Gasteiger partial charge on any atom is -0.462 e. The Balaban J connectivity index is 1.94. The molecule has 0 unspecified atom stereocenters. The first-order valence-corrected chi connectivity index (χ1v) is 6.83. The van der Waals surface area contributed by atoms with Crippen LogP contribution in [-0.2, 0) is 16.6 Å². The summed E-state index contributed by atoms with van der Waals surface area (Å²) in [5.41, 5.74) is 1.90. The van der Waals surface area contributed by atoms with E-state index in [1.54, 1.807) is 54.3 Å². The third-order valence-corrected chi connectivity index (χ3v) is 2.82. The van der Waals surface area contributed by atoms with Gasteiger partial charge in [0.1, 0.15) is 0 Å². The molecule has 1 amide bonds. The Hall–Kier alpha value is -2.89. The summed E-state index contributed by atoms with van der Waals surface area (Å²) in [4.78, 5) is 23.3. The number of anilines is 1. The van der Waals surface area contributed by atoms with Crippen molar-refractivity contribution in [2.45, 2.75) is 6.92 Å². The van der Waals surface area contributed by atoms with Gasteiger partial charge in [0.15, 0.2) is 0 Å². The molecule has 2 rings (SSSR count). The van der Waals surface area contributed by atoms with E-state index in [1.807, 2.05) is 7.05 Å². The van der Waals surface area contributed by atoms with E-state index in [4.69, 9.17) is 4.74 Å². The van der Waals surface area contributed by atoms with Gasteiger partial charge in [0.05, 0.1) is 18.4 Å². The number of aryl methyl sites for hydroxylation is 1. The van der Waals surface area contributed by atoms with Crippen molar-refractivity contribution in [1.82, 2.24) is 9.78 Å². The molecule has 0 atom stereocenters. The molecule has 0 aliphatic rings. The molecule has 0 saturated heterocycles. The van der Waals surface area contributed by atoms with Crippen LogP contribution in [0.4, 0.5) is 5.69 Å². The summed E-state index contributed by atoms with van der Waals surface area (Å²) in [6.45, 7) is 2.08. The zero-order valence-corrected chi connectivity index (χ0v) is 12.4. The van der Waals surface area contributed by atoms with Gasteiger partial charge in [0, 0.05) is 30.6 Å². The summed E-state index contributed by atoms with van der Waals surface area (Å²) in [6.07, 6.45) is 6.57. The molecule has 114 valence electrons. The number of nitrogens with zero attached hydrogens (tertiary/aromatic N) is 2. The average Bonchev–Trinajstić information content (AvgIpc) is 2.92. The normalized spacial score (nSPS) is 10.6. The number of hydrogen-bond acceptors (Lipinski definition) is 4. The minimum absolute atomic E-state index is 0.257. The highest BCUT2D eigenvalue weighted by Gasteiger charge is 2.06. The highest BCUT2D eigenvalue weighted by atomic mass is 16.5. The lowest BCUT2D eigenvalue weighted by atomic mass is 10.2. The van der Waals surface area contributed by atoms with E-state index in [0.29, 0.717) is 17.9 Å². The third-order valence-electron chi connectivity index (χ3n) is 2.82. The molecule has 22 heavy (non-hydrogen) atoms. The zero-order chi connectivity index (χ0) is 15.9. The molecule has 0 fully saturated rings. The van der Waals surface area contributed by atoms with E-state index in [-0.39, 0.29) is 11.9 Å². The topological polar surface area (TPSA) is 73.2 Å². The lowest BCUT2D eigenvalue weighted by molar-refractivity contribution is -0.111. The first kappa shape index (κ1) is 15.5. The van der Waals surface area contributed by atoms with Crippen molar-refractivity contribution >= 4 is 23.6 Å². The molecule has 1 N–H and O–H groups in total. The molecular formula is C16H17N3O3. The Morgan fingerprint density at radius 3 is 2.64 bits per heavy atom. The number of carbonyl (C=O) groups is 2. The number of esters is 1. The highest BCUT2D eigenvalue weighted by molar-refractivity contribution is 6.02. The molecule has 6 heteroatoms. The van der Waals surface area contributed by atoms with E-state index >= 15 is 0 Å². The smallest absolute Gasteiger partial charge is 0.338 e. The van der Waals surface area contributed by atoms with Crippen molar-refractivity contribution in [3.63, 3.8) is 0 Å². The number of amides is 1. The predicted octanol–water partition coefficient (Wildman–Crippen LogP) is 2.25. The van der Waals surface area contributed by atoms with Crippen LogP contribution in [-0.4, -0.2) is 28.3 Å². The van der Waals surface area contributed by atoms with Gasteiger partial charge < -0.3 is 10.1 Å². The molecular weight excluding hydrogens is 282 g/mol. The summed E-state index contributed by atoms with van der Waals surface area (Å²) in [5.74, 6) is -0.635. The van der Waals surface area contributed by atoms with Crippen molar-refractivity contribution in [3.8, 4) is 0 Å². The summed E-state index contributed by atoms with van der Waals surface area (Å²) in [5, 5.41) is 6.72. The molecule has 6 nitrogen and oxygen atoms in total. The average molecular weight is 299 g/mol. The van der Waals surface area contributed by atoms with Crippen molar-refractivity contribution < 1.29 is 14.3 Å². The van der Waals surface area contributed by atoms with E-state index in [2.05, 4.69) is 10.4 Å². The van der Waals surface area contributed by atoms with Crippen LogP contribution >= 0.6 is 0 Å². The first-order chi connectivity index (χ1) is 10.6. The molecule has 1 aromatic heterocycles. The standard InChI is InChI=1S/C16H17N3O3/c1-3-22-16(21)13-5-7-14(8-6-13)18-15(20)9-4-12-10-17-19(2)11-12/h4-11H,3H2,1-2H3,(H,18,20)/b9-4-. The zero-order valence-electron chi connectivity index (χ0n) is 12.4. The van der Waals surface area contributed by atoms with Gasteiger partial charge >= 0.3 is 5.97 Å². The Morgan fingerprint density at radius 2 is 2.05 bits per heavy atom. The maximum Gasteiger partial charge on any atom is 0.338 e. The molecule has 2 aromatic rings. The number of ether oxygens (including phenoxy) is 1. The maximum atomic E-state index is 11.8. The van der Waals surface area contributed by atoms with Crippen LogP contribution in [0.2, 0.25) is 0 Å². The van der Waals surface area contributed by atoms with Gasteiger partial charge in [-0.05, 0) is 37.3 Å². The molecule has 0 aliphatic heterocycles. The Morgan fingerprint density at radius 1 is 1.32 bits per heavy atom. The number of carbonyl (C=O) groups excluding carboxylic acids is 2. The second kappa shape index (κ2) is 7.21. The van der Waals surface area contributed by atoms with Crippen molar-refractivity contribution in [2.24, 2.45) is 7.05 Å². The van der Waals surface area contributed by atoms with Crippen LogP contribution < -0.4 is 5.32 Å². The van der Waals surface area contributed by atoms with E-state index in [9.17, 15) is 9.59 Å². The van der Waals surface area contributed by atoms with Crippen molar-refractivity contribution in [1.29, 1.82) is 0 Å². The number of benzene rings is 1. The lowest BCUT2D eigenvalue weighted by Crippen LogP contribution is -2.08. The second-order valence-corrected chi connectivity index (χ2v) is 4.57. The SMILES string of the molecule is CCOC(=O)c1ccc(NC(=O)/C=C\c2cnn(C)c2)cc1. The molecule has 0 saturated carbocycles. The van der Waals surface area contributed by atoms with E-state index in [0.717, 1.165) is 5.56 Å². The van der Waals surface area contributed by atoms with Crippen LogP contribution in [0, 0.1) is 0 Å². The van der Waals surface area contributed by atoms with Crippen LogP contribution in [0.5, 0.6) is 0 Å². The molecule has 1 aromatic carbocycles. The predicted molar refractivity (Wildman–Crippen MR) is 83.3 cm³/mol. The van der Waals surface area contributed by atoms with Crippen molar-refractivity contribution in [2.75, 3.05) is 11.9 Å². The fourth-order valence-electron chi connectivity index (χ4n) is 1.79. The summed E-state index contributed by atoms with van der Waals surface area (Å²) in [6, 6.07) is 6.53. The molecule has 1 heterocycles. The van der Waals surface area contributed by atoms with Crippen molar-refractivity contribution in [3.05, 3.63) is 53.9 Å². The van der Waals surface area contributed by atoms with Crippen LogP contribution in [0.3, 0.4) is 0 Å². The largest absolute Gasteiger partial charge is 0.462 e. The van der Waals surface area contributed by atoms with Gasteiger partial charge in [-0.1, -0.05) is 0 Å². The molecule has 0 radical (unpaired) electrons. The highest BCUT2D eigenvalue weighted by Crippen LogP contribution is 2.11. The van der Waals surface area contributed by atoms with Gasteiger partial charge in [-0.25, -0.2) is 4.79 Å². The Labute approximate surface area is 128 Å². The number of nitrogens with one attached hydrogen (secondary N) is 1. The van der Waals surface area contributed by atoms with Gasteiger partial charge in [-0.15, -0.1) is 0 Å². The molecule has 0 spiro atoms. The molecule has 0 bridgehead atoms. The Kier molecular flexibility index (Phi) is 5.08. The fraction of sp³-hybridized carbons (Fsp3) is 0.188.